The minimum atomic E-state index is -3.90. The van der Waals surface area contributed by atoms with Crippen LogP contribution in [0.2, 0.25) is 10.0 Å². The number of carbonyl (C=O) groups excluding carboxylic acids is 2. The number of hydrogen-bond donors (Lipinski definition) is 1. The number of nitrogens with one attached hydrogen (secondary N) is 1. The number of hydrogen-bond acceptors (Lipinski definition) is 4. The van der Waals surface area contributed by atoms with Crippen LogP contribution in [0.4, 0.5) is 0 Å². The maximum Gasteiger partial charge on any atom is 0.243 e. The minimum absolute atomic E-state index is 0.0455. The van der Waals surface area contributed by atoms with Crippen molar-refractivity contribution >= 4 is 45.0 Å². The van der Waals surface area contributed by atoms with Gasteiger partial charge in [0.1, 0.15) is 6.04 Å². The van der Waals surface area contributed by atoms with Gasteiger partial charge in [0, 0.05) is 29.7 Å². The Morgan fingerprint density at radius 2 is 1.72 bits per heavy atom. The van der Waals surface area contributed by atoms with E-state index >= 15 is 0 Å². The highest BCUT2D eigenvalue weighted by molar-refractivity contribution is 7.89. The van der Waals surface area contributed by atoms with E-state index < -0.39 is 28.5 Å². The SMILES string of the molecule is CC[C@H](C(=O)NC1CCCC1)N(Cc1ccc(Cl)cc1Cl)C(=O)CN(C)S(=O)(=O)c1ccc(C)cc1. The molecule has 1 N–H and O–H groups in total. The lowest BCUT2D eigenvalue weighted by molar-refractivity contribution is -0.141. The van der Waals surface area contributed by atoms with Crippen molar-refractivity contribution in [3.63, 3.8) is 0 Å². The van der Waals surface area contributed by atoms with Gasteiger partial charge in [0.25, 0.3) is 0 Å². The average molecular weight is 555 g/mol. The summed E-state index contributed by atoms with van der Waals surface area (Å²) in [6, 6.07) is 10.7. The second kappa shape index (κ2) is 12.4. The van der Waals surface area contributed by atoms with E-state index in [4.69, 9.17) is 23.2 Å². The molecule has 0 aromatic heterocycles. The van der Waals surface area contributed by atoms with Crippen molar-refractivity contribution in [1.82, 2.24) is 14.5 Å². The monoisotopic (exact) mass is 553 g/mol. The van der Waals surface area contributed by atoms with Crippen LogP contribution in [0.25, 0.3) is 0 Å². The molecule has 1 fully saturated rings. The normalized spacial score (nSPS) is 15.2. The van der Waals surface area contributed by atoms with Gasteiger partial charge in [-0.3, -0.25) is 9.59 Å². The second-order valence-electron chi connectivity index (χ2n) is 9.25. The summed E-state index contributed by atoms with van der Waals surface area (Å²) in [5.41, 5.74) is 1.54. The Labute approximate surface area is 223 Å². The van der Waals surface area contributed by atoms with Crippen molar-refractivity contribution < 1.29 is 18.0 Å². The van der Waals surface area contributed by atoms with E-state index in [0.717, 1.165) is 35.6 Å². The molecular formula is C26H33Cl2N3O4S. The molecule has 0 saturated heterocycles. The maximum absolute atomic E-state index is 13.6. The molecule has 1 aliphatic carbocycles. The Hall–Kier alpha value is -2.13. The average Bonchev–Trinajstić information content (AvgIpc) is 3.33. The summed E-state index contributed by atoms with van der Waals surface area (Å²) in [6.45, 7) is 3.32. The molecule has 0 spiro atoms. The first kappa shape index (κ1) is 28.4. The standard InChI is InChI=1S/C26H33Cl2N3O4S/c1-4-24(26(33)29-21-7-5-6-8-21)31(16-19-11-12-20(27)15-23(19)28)25(32)17-30(3)36(34,35)22-13-9-18(2)10-14-22/h9-15,21,24H,4-8,16-17H2,1-3H3,(H,29,33)/t24-/m1/s1. The van der Waals surface area contributed by atoms with Crippen molar-refractivity contribution in [2.24, 2.45) is 0 Å². The number of benzene rings is 2. The van der Waals surface area contributed by atoms with E-state index in [9.17, 15) is 18.0 Å². The van der Waals surface area contributed by atoms with Crippen molar-refractivity contribution in [1.29, 1.82) is 0 Å². The van der Waals surface area contributed by atoms with Crippen molar-refractivity contribution in [2.75, 3.05) is 13.6 Å². The Morgan fingerprint density at radius 3 is 2.31 bits per heavy atom. The fourth-order valence-electron chi connectivity index (χ4n) is 4.38. The summed E-state index contributed by atoms with van der Waals surface area (Å²) in [7, 11) is -2.54. The molecule has 2 aromatic rings. The molecule has 2 amide bonds. The molecule has 10 heteroatoms. The van der Waals surface area contributed by atoms with Crippen LogP contribution < -0.4 is 5.32 Å². The summed E-state index contributed by atoms with van der Waals surface area (Å²) in [5.74, 6) is -0.737. The molecule has 1 aliphatic rings. The number of nitrogens with zero attached hydrogens (tertiary/aromatic N) is 2. The number of sulfonamides is 1. The van der Waals surface area contributed by atoms with Gasteiger partial charge in [-0.1, -0.05) is 66.7 Å². The lowest BCUT2D eigenvalue weighted by Crippen LogP contribution is -2.53. The van der Waals surface area contributed by atoms with Gasteiger partial charge in [0.15, 0.2) is 0 Å². The Morgan fingerprint density at radius 1 is 1.08 bits per heavy atom. The second-order valence-corrected chi connectivity index (χ2v) is 12.1. The van der Waals surface area contributed by atoms with Crippen molar-refractivity contribution in [3.05, 3.63) is 63.6 Å². The molecule has 2 aromatic carbocycles. The summed E-state index contributed by atoms with van der Waals surface area (Å²) in [5, 5.41) is 3.89. The van der Waals surface area contributed by atoms with Gasteiger partial charge < -0.3 is 10.2 Å². The predicted octanol–water partition coefficient (Wildman–Crippen LogP) is 4.79. The predicted molar refractivity (Wildman–Crippen MR) is 142 cm³/mol. The first-order valence-electron chi connectivity index (χ1n) is 12.1. The van der Waals surface area contributed by atoms with E-state index in [1.165, 1.54) is 24.1 Å². The highest BCUT2D eigenvalue weighted by Crippen LogP contribution is 2.25. The van der Waals surface area contributed by atoms with E-state index in [0.29, 0.717) is 22.0 Å². The van der Waals surface area contributed by atoms with E-state index in [2.05, 4.69) is 5.32 Å². The third-order valence-corrected chi connectivity index (χ3v) is 8.93. The van der Waals surface area contributed by atoms with Crippen LogP contribution in [0.5, 0.6) is 0 Å². The van der Waals surface area contributed by atoms with E-state index in [1.807, 2.05) is 13.8 Å². The quantitative estimate of drug-likeness (QED) is 0.458. The molecule has 0 unspecified atom stereocenters. The summed E-state index contributed by atoms with van der Waals surface area (Å²) >= 11 is 12.4. The molecule has 196 valence electrons. The van der Waals surface area contributed by atoms with Crippen LogP contribution in [0.15, 0.2) is 47.4 Å². The number of halogens is 2. The molecule has 7 nitrogen and oxygen atoms in total. The third-order valence-electron chi connectivity index (χ3n) is 6.53. The van der Waals surface area contributed by atoms with Gasteiger partial charge in [-0.15, -0.1) is 0 Å². The minimum Gasteiger partial charge on any atom is -0.352 e. The zero-order valence-electron chi connectivity index (χ0n) is 20.8. The zero-order chi connectivity index (χ0) is 26.5. The number of rotatable bonds is 10. The van der Waals surface area contributed by atoms with Crippen molar-refractivity contribution in [2.45, 2.75) is 69.5 Å². The number of carbonyl (C=O) groups is 2. The van der Waals surface area contributed by atoms with Gasteiger partial charge in [-0.2, -0.15) is 4.31 Å². The molecule has 36 heavy (non-hydrogen) atoms. The fourth-order valence-corrected chi connectivity index (χ4v) is 5.97. The maximum atomic E-state index is 13.6. The molecule has 1 atom stereocenters. The fraction of sp³-hybridized carbons (Fsp3) is 0.462. The highest BCUT2D eigenvalue weighted by Gasteiger charge is 2.33. The number of likely N-dealkylation sites (N-methyl/N-ethyl adjacent to an activating group) is 1. The van der Waals surface area contributed by atoms with Gasteiger partial charge in [-0.05, 0) is 56.0 Å². The van der Waals surface area contributed by atoms with E-state index in [-0.39, 0.29) is 23.4 Å². The zero-order valence-corrected chi connectivity index (χ0v) is 23.2. The van der Waals surface area contributed by atoms with Crippen LogP contribution in [0.3, 0.4) is 0 Å². The van der Waals surface area contributed by atoms with Crippen LogP contribution in [-0.2, 0) is 26.2 Å². The topological polar surface area (TPSA) is 86.8 Å². The summed E-state index contributed by atoms with van der Waals surface area (Å²) < 4.78 is 27.2. The molecule has 0 bridgehead atoms. The van der Waals surface area contributed by atoms with Crippen LogP contribution >= 0.6 is 23.2 Å². The lowest BCUT2D eigenvalue weighted by atomic mass is 10.1. The molecular weight excluding hydrogens is 521 g/mol. The first-order valence-corrected chi connectivity index (χ1v) is 14.3. The van der Waals surface area contributed by atoms with Gasteiger partial charge in [-0.25, -0.2) is 8.42 Å². The van der Waals surface area contributed by atoms with Crippen LogP contribution in [0, 0.1) is 6.92 Å². The smallest absolute Gasteiger partial charge is 0.243 e. The van der Waals surface area contributed by atoms with Gasteiger partial charge in [0.05, 0.1) is 11.4 Å². The third kappa shape index (κ3) is 7.00. The summed E-state index contributed by atoms with van der Waals surface area (Å²) in [4.78, 5) is 28.3. The molecule has 0 heterocycles. The Bertz CT molecular complexity index is 1180. The first-order chi connectivity index (χ1) is 17.0. The van der Waals surface area contributed by atoms with Crippen LogP contribution in [0.1, 0.15) is 50.2 Å². The Balaban J connectivity index is 1.86. The molecule has 3 rings (SSSR count). The lowest BCUT2D eigenvalue weighted by Gasteiger charge is -2.33. The summed E-state index contributed by atoms with van der Waals surface area (Å²) in [6.07, 6.45) is 4.32. The van der Waals surface area contributed by atoms with E-state index in [1.54, 1.807) is 30.3 Å². The molecule has 0 radical (unpaired) electrons. The van der Waals surface area contributed by atoms with Crippen molar-refractivity contribution in [3.8, 4) is 0 Å². The number of amides is 2. The number of aryl methyl sites for hydroxylation is 1. The highest BCUT2D eigenvalue weighted by atomic mass is 35.5. The van der Waals surface area contributed by atoms with Crippen LogP contribution in [-0.4, -0.2) is 55.1 Å². The molecule has 1 saturated carbocycles. The van der Waals surface area contributed by atoms with Gasteiger partial charge >= 0.3 is 0 Å². The largest absolute Gasteiger partial charge is 0.352 e. The Kier molecular flexibility index (Phi) is 9.80. The molecule has 0 aliphatic heterocycles. The van der Waals surface area contributed by atoms with Gasteiger partial charge in [0.2, 0.25) is 21.8 Å².